The second-order valence-electron chi connectivity index (χ2n) is 7.01. The van der Waals surface area contributed by atoms with Crippen molar-refractivity contribution in [3.63, 3.8) is 0 Å². The van der Waals surface area contributed by atoms with Gasteiger partial charge in [-0.15, -0.1) is 0 Å². The van der Waals surface area contributed by atoms with Gasteiger partial charge in [0.2, 0.25) is 5.91 Å². The summed E-state index contributed by atoms with van der Waals surface area (Å²) >= 11 is 0. The highest BCUT2D eigenvalue weighted by atomic mass is 19.4. The minimum atomic E-state index is -4.32. The molecule has 0 unspecified atom stereocenters. The van der Waals surface area contributed by atoms with Gasteiger partial charge >= 0.3 is 6.18 Å². The summed E-state index contributed by atoms with van der Waals surface area (Å²) in [6.07, 6.45) is -4.32. The molecule has 28 heavy (non-hydrogen) atoms. The third-order valence-corrected chi connectivity index (χ3v) is 4.83. The van der Waals surface area contributed by atoms with Crippen LogP contribution >= 0.6 is 0 Å². The SMILES string of the molecule is O=C(CN1CCN(Cc2cccc(C(F)(F)F)c2)CC1)NCc1ccccc1. The molecule has 0 bridgehead atoms. The van der Waals surface area contributed by atoms with E-state index in [0.29, 0.717) is 25.2 Å². The first-order valence-electron chi connectivity index (χ1n) is 9.31. The third-order valence-electron chi connectivity index (χ3n) is 4.83. The second kappa shape index (κ2) is 9.21. The fourth-order valence-electron chi connectivity index (χ4n) is 3.27. The van der Waals surface area contributed by atoms with Gasteiger partial charge in [0, 0.05) is 39.3 Å². The molecule has 4 nitrogen and oxygen atoms in total. The number of carbonyl (C=O) groups excluding carboxylic acids is 1. The maximum absolute atomic E-state index is 12.8. The van der Waals surface area contributed by atoms with Crippen molar-refractivity contribution in [3.05, 3.63) is 71.3 Å². The van der Waals surface area contributed by atoms with Crippen molar-refractivity contribution >= 4 is 5.91 Å². The van der Waals surface area contributed by atoms with E-state index in [1.807, 2.05) is 30.3 Å². The van der Waals surface area contributed by atoms with Gasteiger partial charge in [-0.05, 0) is 17.2 Å². The Labute approximate surface area is 162 Å². The Balaban J connectivity index is 1.41. The lowest BCUT2D eigenvalue weighted by atomic mass is 10.1. The zero-order valence-corrected chi connectivity index (χ0v) is 15.6. The molecule has 1 N–H and O–H groups in total. The number of carbonyl (C=O) groups is 1. The molecule has 0 radical (unpaired) electrons. The molecule has 2 aromatic rings. The Morgan fingerprint density at radius 2 is 1.54 bits per heavy atom. The second-order valence-corrected chi connectivity index (χ2v) is 7.01. The van der Waals surface area contributed by atoms with Crippen molar-refractivity contribution in [2.45, 2.75) is 19.3 Å². The molecule has 1 fully saturated rings. The Bertz CT molecular complexity index is 772. The van der Waals surface area contributed by atoms with Gasteiger partial charge < -0.3 is 5.32 Å². The number of nitrogens with zero attached hydrogens (tertiary/aromatic N) is 2. The van der Waals surface area contributed by atoms with Crippen LogP contribution in [0.15, 0.2) is 54.6 Å². The summed E-state index contributed by atoms with van der Waals surface area (Å²) in [4.78, 5) is 16.3. The van der Waals surface area contributed by atoms with E-state index in [-0.39, 0.29) is 5.91 Å². The van der Waals surface area contributed by atoms with Crippen LogP contribution in [0, 0.1) is 0 Å². The van der Waals surface area contributed by atoms with Crippen LogP contribution in [0.1, 0.15) is 16.7 Å². The lowest BCUT2D eigenvalue weighted by Crippen LogP contribution is -2.49. The summed E-state index contributed by atoms with van der Waals surface area (Å²) in [7, 11) is 0. The minimum absolute atomic E-state index is 0.0184. The number of hydrogen-bond donors (Lipinski definition) is 1. The van der Waals surface area contributed by atoms with Crippen molar-refractivity contribution in [2.24, 2.45) is 0 Å². The zero-order valence-electron chi connectivity index (χ0n) is 15.6. The van der Waals surface area contributed by atoms with E-state index in [4.69, 9.17) is 0 Å². The molecule has 150 valence electrons. The monoisotopic (exact) mass is 391 g/mol. The van der Waals surface area contributed by atoms with Crippen molar-refractivity contribution in [2.75, 3.05) is 32.7 Å². The smallest absolute Gasteiger partial charge is 0.351 e. The minimum Gasteiger partial charge on any atom is -0.351 e. The van der Waals surface area contributed by atoms with Gasteiger partial charge in [0.1, 0.15) is 0 Å². The number of hydrogen-bond acceptors (Lipinski definition) is 3. The summed E-state index contributed by atoms with van der Waals surface area (Å²) in [5.41, 5.74) is 1.10. The summed E-state index contributed by atoms with van der Waals surface area (Å²) in [6, 6.07) is 15.2. The van der Waals surface area contributed by atoms with Gasteiger partial charge in [-0.2, -0.15) is 13.2 Å². The number of rotatable bonds is 6. The summed E-state index contributed by atoms with van der Waals surface area (Å²) in [5, 5.41) is 2.92. The molecule has 7 heteroatoms. The molecule has 1 aliphatic rings. The topological polar surface area (TPSA) is 35.6 Å². The fraction of sp³-hybridized carbons (Fsp3) is 0.381. The summed E-state index contributed by atoms with van der Waals surface area (Å²) in [6.45, 7) is 4.22. The van der Waals surface area contributed by atoms with E-state index in [9.17, 15) is 18.0 Å². The molecule has 0 saturated carbocycles. The van der Waals surface area contributed by atoms with Crippen LogP contribution in [-0.4, -0.2) is 48.4 Å². The quantitative estimate of drug-likeness (QED) is 0.822. The van der Waals surface area contributed by atoms with E-state index in [2.05, 4.69) is 15.1 Å². The number of halogens is 3. The lowest BCUT2D eigenvalue weighted by molar-refractivity contribution is -0.137. The molecule has 0 aromatic heterocycles. The number of alkyl halides is 3. The average Bonchev–Trinajstić information content (AvgIpc) is 2.68. The molecule has 0 spiro atoms. The van der Waals surface area contributed by atoms with Crippen LogP contribution in [0.3, 0.4) is 0 Å². The van der Waals surface area contributed by atoms with Crippen LogP contribution in [0.25, 0.3) is 0 Å². The molecule has 1 amide bonds. The van der Waals surface area contributed by atoms with Crippen LogP contribution in [0.2, 0.25) is 0 Å². The van der Waals surface area contributed by atoms with Gasteiger partial charge in [0.15, 0.2) is 0 Å². The Morgan fingerprint density at radius 1 is 0.893 bits per heavy atom. The predicted octanol–water partition coefficient (Wildman–Crippen LogP) is 3.14. The standard InChI is InChI=1S/C21H24F3N3O/c22-21(23,24)19-8-4-7-18(13-19)15-26-9-11-27(12-10-26)16-20(28)25-14-17-5-2-1-3-6-17/h1-8,13H,9-12,14-16H2,(H,25,28). The molecule has 3 rings (SSSR count). The number of nitrogens with one attached hydrogen (secondary N) is 1. The first-order valence-corrected chi connectivity index (χ1v) is 9.31. The van der Waals surface area contributed by atoms with E-state index in [0.717, 1.165) is 37.8 Å². The van der Waals surface area contributed by atoms with Gasteiger partial charge in [0.05, 0.1) is 12.1 Å². The van der Waals surface area contributed by atoms with Gasteiger partial charge in [-0.1, -0.05) is 48.5 Å². The van der Waals surface area contributed by atoms with Crippen LogP contribution in [-0.2, 0) is 24.1 Å². The van der Waals surface area contributed by atoms with E-state index >= 15 is 0 Å². The Morgan fingerprint density at radius 3 is 2.21 bits per heavy atom. The van der Waals surface area contributed by atoms with Gasteiger partial charge in [0.25, 0.3) is 0 Å². The number of amides is 1. The Kier molecular flexibility index (Phi) is 6.70. The highest BCUT2D eigenvalue weighted by Gasteiger charge is 2.30. The maximum Gasteiger partial charge on any atom is 0.416 e. The molecule has 0 atom stereocenters. The van der Waals surface area contributed by atoms with E-state index < -0.39 is 11.7 Å². The van der Waals surface area contributed by atoms with Crippen LogP contribution < -0.4 is 5.32 Å². The van der Waals surface area contributed by atoms with Crippen LogP contribution in [0.5, 0.6) is 0 Å². The molecule has 2 aromatic carbocycles. The predicted molar refractivity (Wildman–Crippen MR) is 101 cm³/mol. The van der Waals surface area contributed by atoms with Crippen molar-refractivity contribution in [3.8, 4) is 0 Å². The summed E-state index contributed by atoms with van der Waals surface area (Å²) in [5.74, 6) is -0.0184. The molecule has 1 saturated heterocycles. The van der Waals surface area contributed by atoms with Crippen molar-refractivity contribution < 1.29 is 18.0 Å². The van der Waals surface area contributed by atoms with E-state index in [1.54, 1.807) is 6.07 Å². The zero-order chi connectivity index (χ0) is 20.0. The first-order chi connectivity index (χ1) is 13.4. The van der Waals surface area contributed by atoms with Gasteiger partial charge in [-0.25, -0.2) is 0 Å². The van der Waals surface area contributed by atoms with E-state index in [1.165, 1.54) is 12.1 Å². The third kappa shape index (κ3) is 6.07. The Hall–Kier alpha value is -2.38. The highest BCUT2D eigenvalue weighted by Crippen LogP contribution is 2.29. The fourth-order valence-corrected chi connectivity index (χ4v) is 3.27. The lowest BCUT2D eigenvalue weighted by Gasteiger charge is -2.34. The average molecular weight is 391 g/mol. The maximum atomic E-state index is 12.8. The van der Waals surface area contributed by atoms with Gasteiger partial charge in [-0.3, -0.25) is 14.6 Å². The summed E-state index contributed by atoms with van der Waals surface area (Å²) < 4.78 is 38.5. The molecule has 1 aliphatic heterocycles. The molecular weight excluding hydrogens is 367 g/mol. The van der Waals surface area contributed by atoms with Crippen molar-refractivity contribution in [1.29, 1.82) is 0 Å². The number of piperazine rings is 1. The molecule has 1 heterocycles. The molecule has 0 aliphatic carbocycles. The number of benzene rings is 2. The van der Waals surface area contributed by atoms with Crippen molar-refractivity contribution in [1.82, 2.24) is 15.1 Å². The normalized spacial score (nSPS) is 16.1. The van der Waals surface area contributed by atoms with Crippen LogP contribution in [0.4, 0.5) is 13.2 Å². The molecular formula is C21H24F3N3O. The highest BCUT2D eigenvalue weighted by molar-refractivity contribution is 5.78. The first kappa shape index (κ1) is 20.4. The largest absolute Gasteiger partial charge is 0.416 e.